The predicted molar refractivity (Wildman–Crippen MR) is 78.8 cm³/mol. The van der Waals surface area contributed by atoms with Gasteiger partial charge in [-0.15, -0.1) is 0 Å². The highest BCUT2D eigenvalue weighted by Crippen LogP contribution is 2.24. The zero-order chi connectivity index (χ0) is 14.4. The molecule has 1 aromatic carbocycles. The van der Waals surface area contributed by atoms with Crippen molar-refractivity contribution in [3.05, 3.63) is 35.9 Å². The van der Waals surface area contributed by atoms with Gasteiger partial charge in [-0.05, 0) is 37.3 Å². The molecule has 0 radical (unpaired) electrons. The monoisotopic (exact) mass is 277 g/mol. The van der Waals surface area contributed by atoms with E-state index in [1.165, 1.54) is 0 Å². The molecular formula is C15H23N3O2. The van der Waals surface area contributed by atoms with E-state index < -0.39 is 0 Å². The van der Waals surface area contributed by atoms with Crippen molar-refractivity contribution >= 4 is 5.84 Å². The molecule has 5 nitrogen and oxygen atoms in total. The minimum Gasteiger partial charge on any atom is -0.409 e. The number of nitrogens with one attached hydrogen (secondary N) is 1. The lowest BCUT2D eigenvalue weighted by atomic mass is 9.97. The van der Waals surface area contributed by atoms with Crippen LogP contribution in [0.2, 0.25) is 0 Å². The van der Waals surface area contributed by atoms with E-state index >= 15 is 0 Å². The number of hydrogen-bond acceptors (Lipinski definition) is 4. The van der Waals surface area contributed by atoms with Gasteiger partial charge in [-0.25, -0.2) is 0 Å². The Kier molecular flexibility index (Phi) is 5.38. The molecule has 1 saturated carbocycles. The average molecular weight is 277 g/mol. The van der Waals surface area contributed by atoms with Crippen LogP contribution in [0.5, 0.6) is 0 Å². The molecule has 3 atom stereocenters. The Morgan fingerprint density at radius 3 is 2.70 bits per heavy atom. The van der Waals surface area contributed by atoms with Crippen LogP contribution in [-0.2, 0) is 0 Å². The van der Waals surface area contributed by atoms with E-state index in [-0.39, 0.29) is 17.9 Å². The highest BCUT2D eigenvalue weighted by Gasteiger charge is 2.23. The van der Waals surface area contributed by atoms with Gasteiger partial charge in [-0.2, -0.15) is 0 Å². The molecule has 0 bridgehead atoms. The SMILES string of the molecule is N/C(=N/O)C(CNCC1CCC(O)C1)c1ccccc1. The van der Waals surface area contributed by atoms with Gasteiger partial charge in [0.1, 0.15) is 5.84 Å². The first kappa shape index (κ1) is 14.8. The van der Waals surface area contributed by atoms with Gasteiger partial charge >= 0.3 is 0 Å². The predicted octanol–water partition coefficient (Wildman–Crippen LogP) is 1.27. The molecule has 3 unspecified atom stereocenters. The Balaban J connectivity index is 1.89. The average Bonchev–Trinajstić information content (AvgIpc) is 2.89. The van der Waals surface area contributed by atoms with Crippen molar-refractivity contribution in [3.63, 3.8) is 0 Å². The van der Waals surface area contributed by atoms with Crippen LogP contribution in [0.1, 0.15) is 30.7 Å². The molecule has 0 aliphatic heterocycles. The highest BCUT2D eigenvalue weighted by molar-refractivity contribution is 5.87. The quantitative estimate of drug-likeness (QED) is 0.273. The van der Waals surface area contributed by atoms with Crippen LogP contribution in [0, 0.1) is 5.92 Å². The van der Waals surface area contributed by atoms with Crippen molar-refractivity contribution in [1.82, 2.24) is 5.32 Å². The van der Waals surface area contributed by atoms with Gasteiger partial charge in [-0.1, -0.05) is 35.5 Å². The van der Waals surface area contributed by atoms with Crippen molar-refractivity contribution in [2.24, 2.45) is 16.8 Å². The van der Waals surface area contributed by atoms with Crippen LogP contribution < -0.4 is 11.1 Å². The summed E-state index contributed by atoms with van der Waals surface area (Å²) < 4.78 is 0. The summed E-state index contributed by atoms with van der Waals surface area (Å²) in [4.78, 5) is 0. The maximum Gasteiger partial charge on any atom is 0.147 e. The Bertz CT molecular complexity index is 436. The van der Waals surface area contributed by atoms with Crippen molar-refractivity contribution in [2.75, 3.05) is 13.1 Å². The zero-order valence-corrected chi connectivity index (χ0v) is 11.6. The third-order valence-electron chi connectivity index (χ3n) is 3.97. The summed E-state index contributed by atoms with van der Waals surface area (Å²) in [6.45, 7) is 1.49. The fourth-order valence-electron chi connectivity index (χ4n) is 2.81. The minimum atomic E-state index is -0.143. The normalized spacial score (nSPS) is 24.8. The van der Waals surface area contributed by atoms with Gasteiger partial charge in [0.2, 0.25) is 0 Å². The zero-order valence-electron chi connectivity index (χ0n) is 11.6. The lowest BCUT2D eigenvalue weighted by molar-refractivity contribution is 0.177. The van der Waals surface area contributed by atoms with Crippen molar-refractivity contribution in [3.8, 4) is 0 Å². The van der Waals surface area contributed by atoms with Crippen LogP contribution in [0.4, 0.5) is 0 Å². The van der Waals surface area contributed by atoms with E-state index in [1.54, 1.807) is 0 Å². The molecule has 1 aliphatic rings. The molecule has 5 N–H and O–H groups in total. The molecule has 1 aromatic rings. The van der Waals surface area contributed by atoms with Gasteiger partial charge < -0.3 is 21.4 Å². The molecule has 20 heavy (non-hydrogen) atoms. The van der Waals surface area contributed by atoms with E-state index in [0.717, 1.165) is 31.4 Å². The molecule has 0 aromatic heterocycles. The number of hydrogen-bond donors (Lipinski definition) is 4. The second kappa shape index (κ2) is 7.26. The maximum atomic E-state index is 9.51. The number of oxime groups is 1. The Hall–Kier alpha value is -1.59. The lowest BCUT2D eigenvalue weighted by Crippen LogP contribution is -2.33. The second-order valence-electron chi connectivity index (χ2n) is 5.48. The number of aliphatic hydroxyl groups excluding tert-OH is 1. The molecule has 0 amide bonds. The van der Waals surface area contributed by atoms with E-state index in [2.05, 4.69) is 10.5 Å². The first-order chi connectivity index (χ1) is 9.70. The minimum absolute atomic E-state index is 0.132. The molecule has 1 fully saturated rings. The van der Waals surface area contributed by atoms with E-state index in [1.807, 2.05) is 30.3 Å². The van der Waals surface area contributed by atoms with Gasteiger partial charge in [0.25, 0.3) is 0 Å². The first-order valence-corrected chi connectivity index (χ1v) is 7.12. The van der Waals surface area contributed by atoms with E-state index in [9.17, 15) is 5.11 Å². The van der Waals surface area contributed by atoms with Gasteiger partial charge in [0.05, 0.1) is 12.0 Å². The molecular weight excluding hydrogens is 254 g/mol. The van der Waals surface area contributed by atoms with E-state index in [0.29, 0.717) is 12.5 Å². The Morgan fingerprint density at radius 1 is 1.35 bits per heavy atom. The lowest BCUT2D eigenvalue weighted by Gasteiger charge is -2.18. The fourth-order valence-corrected chi connectivity index (χ4v) is 2.81. The highest BCUT2D eigenvalue weighted by atomic mass is 16.4. The summed E-state index contributed by atoms with van der Waals surface area (Å²) in [5, 5.41) is 24.9. The summed E-state index contributed by atoms with van der Waals surface area (Å²) in [5.74, 6) is 0.608. The number of amidine groups is 1. The van der Waals surface area contributed by atoms with Crippen LogP contribution >= 0.6 is 0 Å². The fraction of sp³-hybridized carbons (Fsp3) is 0.533. The summed E-state index contributed by atoms with van der Waals surface area (Å²) in [5.41, 5.74) is 6.81. The number of nitrogens with zero attached hydrogens (tertiary/aromatic N) is 1. The summed E-state index contributed by atoms with van der Waals surface area (Å²) in [6.07, 6.45) is 2.69. The molecule has 2 rings (SSSR count). The largest absolute Gasteiger partial charge is 0.409 e. The molecule has 0 saturated heterocycles. The van der Waals surface area contributed by atoms with E-state index in [4.69, 9.17) is 10.9 Å². The standard InChI is InChI=1S/C15H23N3O2/c16-15(18-20)14(12-4-2-1-3-5-12)10-17-9-11-6-7-13(19)8-11/h1-5,11,13-14,17,19-20H,6-10H2,(H2,16,18). The molecule has 5 heteroatoms. The van der Waals surface area contributed by atoms with Crippen LogP contribution in [0.3, 0.4) is 0 Å². The Labute approximate surface area is 119 Å². The smallest absolute Gasteiger partial charge is 0.147 e. The number of benzene rings is 1. The third-order valence-corrected chi connectivity index (χ3v) is 3.97. The second-order valence-corrected chi connectivity index (χ2v) is 5.48. The number of nitrogens with two attached hydrogens (primary N) is 1. The first-order valence-electron chi connectivity index (χ1n) is 7.12. The summed E-state index contributed by atoms with van der Waals surface area (Å²) >= 11 is 0. The summed E-state index contributed by atoms with van der Waals surface area (Å²) in [6, 6.07) is 9.79. The van der Waals surface area contributed by atoms with Crippen molar-refractivity contribution < 1.29 is 10.3 Å². The molecule has 110 valence electrons. The number of rotatable bonds is 6. The molecule has 0 heterocycles. The van der Waals surface area contributed by atoms with Gasteiger partial charge in [0.15, 0.2) is 0 Å². The molecule has 0 spiro atoms. The van der Waals surface area contributed by atoms with Crippen molar-refractivity contribution in [2.45, 2.75) is 31.3 Å². The maximum absolute atomic E-state index is 9.51. The van der Waals surface area contributed by atoms with Crippen LogP contribution in [0.25, 0.3) is 0 Å². The summed E-state index contributed by atoms with van der Waals surface area (Å²) in [7, 11) is 0. The third kappa shape index (κ3) is 3.95. The van der Waals surface area contributed by atoms with Crippen LogP contribution in [0.15, 0.2) is 35.5 Å². The van der Waals surface area contributed by atoms with Gasteiger partial charge in [0, 0.05) is 6.54 Å². The van der Waals surface area contributed by atoms with Crippen molar-refractivity contribution in [1.29, 1.82) is 0 Å². The van der Waals surface area contributed by atoms with Gasteiger partial charge in [-0.3, -0.25) is 0 Å². The number of aliphatic hydroxyl groups is 1. The topological polar surface area (TPSA) is 90.9 Å². The molecule has 1 aliphatic carbocycles. The van der Waals surface area contributed by atoms with Crippen LogP contribution in [-0.4, -0.2) is 35.3 Å². The Morgan fingerprint density at radius 2 is 2.10 bits per heavy atom.